The third-order valence-electron chi connectivity index (χ3n) is 5.08. The molecule has 0 unspecified atom stereocenters. The number of nitrogens with one attached hydrogen (secondary N) is 2. The van der Waals surface area contributed by atoms with Crippen LogP contribution in [0.5, 0.6) is 0 Å². The first kappa shape index (κ1) is 17.9. The van der Waals surface area contributed by atoms with E-state index < -0.39 is 0 Å². The second-order valence-electron chi connectivity index (χ2n) is 7.05. The predicted octanol–water partition coefficient (Wildman–Crippen LogP) is 4.55. The Kier molecular flexibility index (Phi) is 4.37. The van der Waals surface area contributed by atoms with Gasteiger partial charge in [0.25, 0.3) is 5.91 Å². The maximum absolute atomic E-state index is 12.5. The summed E-state index contributed by atoms with van der Waals surface area (Å²) in [5, 5.41) is 10.6. The Balaban J connectivity index is 1.46. The fraction of sp³-hybridized carbons (Fsp3) is 0.0417. The Bertz CT molecular complexity index is 1260. The van der Waals surface area contributed by atoms with Crippen LogP contribution in [-0.2, 0) is 11.8 Å². The van der Waals surface area contributed by atoms with Crippen LogP contribution in [0.4, 0.5) is 11.6 Å². The average molecular weight is 393 g/mol. The number of aryl methyl sites for hydroxylation is 1. The monoisotopic (exact) mass is 393 g/mol. The van der Waals surface area contributed by atoms with Gasteiger partial charge in [-0.1, -0.05) is 60.7 Å². The minimum Gasteiger partial charge on any atom is -0.346 e. The first-order valence-electron chi connectivity index (χ1n) is 9.62. The average Bonchev–Trinajstić information content (AvgIpc) is 3.31. The van der Waals surface area contributed by atoms with Crippen molar-refractivity contribution in [3.8, 4) is 22.4 Å². The van der Waals surface area contributed by atoms with Crippen LogP contribution in [0.15, 0.2) is 85.2 Å². The quantitative estimate of drug-likeness (QED) is 0.499. The van der Waals surface area contributed by atoms with E-state index >= 15 is 0 Å². The number of carbonyl (C=O) groups is 1. The maximum Gasteiger partial charge on any atom is 0.259 e. The summed E-state index contributed by atoms with van der Waals surface area (Å²) >= 11 is 0. The third kappa shape index (κ3) is 3.24. The Labute approximate surface area is 173 Å². The van der Waals surface area contributed by atoms with Crippen LogP contribution in [0.2, 0.25) is 0 Å². The number of carbonyl (C=O) groups excluding carboxylic acids is 1. The van der Waals surface area contributed by atoms with E-state index in [1.54, 1.807) is 17.1 Å². The van der Waals surface area contributed by atoms with Crippen molar-refractivity contribution in [2.75, 3.05) is 10.6 Å². The number of anilines is 2. The summed E-state index contributed by atoms with van der Waals surface area (Å²) in [6.45, 7) is 0. The molecule has 30 heavy (non-hydrogen) atoms. The molecule has 0 fully saturated rings. The number of hydrogen-bond donors (Lipinski definition) is 2. The van der Waals surface area contributed by atoms with Crippen molar-refractivity contribution in [1.29, 1.82) is 0 Å². The molecule has 0 radical (unpaired) electrons. The molecular weight excluding hydrogens is 374 g/mol. The lowest BCUT2D eigenvalue weighted by Crippen LogP contribution is -2.06. The van der Waals surface area contributed by atoms with Crippen LogP contribution in [0.3, 0.4) is 0 Å². The highest BCUT2D eigenvalue weighted by molar-refractivity contribution is 6.31. The third-order valence-corrected chi connectivity index (χ3v) is 5.08. The maximum atomic E-state index is 12.5. The standard InChI is InChI=1S/C24H19N5O/c1-29-22(13-21(28-29)17-10-6-3-7-11-17)25-15-20-19-12-18(16-8-4-2-5-9-16)14-26-23(19)27-24(20)30/h2-15,25H,1H3,(H,26,27,30)/b20-15+. The number of aromatic nitrogens is 3. The van der Waals surface area contributed by atoms with Gasteiger partial charge in [0.1, 0.15) is 11.6 Å². The molecule has 4 aromatic rings. The van der Waals surface area contributed by atoms with Crippen molar-refractivity contribution in [3.63, 3.8) is 0 Å². The molecule has 2 aromatic heterocycles. The highest BCUT2D eigenvalue weighted by atomic mass is 16.2. The minimum absolute atomic E-state index is 0.180. The zero-order valence-corrected chi connectivity index (χ0v) is 16.3. The SMILES string of the molecule is Cn1nc(-c2ccccc2)cc1N/C=C1/C(=O)Nc2ncc(-c3ccccc3)cc21. The molecule has 1 aliphatic rings. The lowest BCUT2D eigenvalue weighted by molar-refractivity contribution is -0.110. The van der Waals surface area contributed by atoms with Gasteiger partial charge in [0, 0.05) is 42.2 Å². The van der Waals surface area contributed by atoms with E-state index in [1.807, 2.05) is 79.8 Å². The topological polar surface area (TPSA) is 71.8 Å². The van der Waals surface area contributed by atoms with E-state index in [0.717, 1.165) is 33.8 Å². The molecular formula is C24H19N5O. The highest BCUT2D eigenvalue weighted by Crippen LogP contribution is 2.33. The van der Waals surface area contributed by atoms with Crippen molar-refractivity contribution in [2.45, 2.75) is 0 Å². The Hall–Kier alpha value is -4.19. The summed E-state index contributed by atoms with van der Waals surface area (Å²) in [5.74, 6) is 1.18. The molecule has 0 spiro atoms. The first-order chi connectivity index (χ1) is 14.7. The zero-order chi connectivity index (χ0) is 20.5. The van der Waals surface area contributed by atoms with Crippen LogP contribution >= 0.6 is 0 Å². The van der Waals surface area contributed by atoms with Crippen molar-refractivity contribution < 1.29 is 4.79 Å². The Morgan fingerprint density at radius 2 is 1.63 bits per heavy atom. The van der Waals surface area contributed by atoms with E-state index in [2.05, 4.69) is 20.7 Å². The smallest absolute Gasteiger partial charge is 0.259 e. The van der Waals surface area contributed by atoms with Crippen LogP contribution in [0.1, 0.15) is 5.56 Å². The summed E-state index contributed by atoms with van der Waals surface area (Å²) in [5.41, 5.74) is 5.23. The van der Waals surface area contributed by atoms with Crippen LogP contribution in [-0.4, -0.2) is 20.7 Å². The van der Waals surface area contributed by atoms with Gasteiger partial charge in [-0.25, -0.2) is 4.98 Å². The number of rotatable bonds is 4. The lowest BCUT2D eigenvalue weighted by atomic mass is 10.0. The molecule has 0 atom stereocenters. The van der Waals surface area contributed by atoms with Gasteiger partial charge < -0.3 is 10.6 Å². The minimum atomic E-state index is -0.180. The second kappa shape index (κ2) is 7.33. The fourth-order valence-corrected chi connectivity index (χ4v) is 3.50. The molecule has 6 nitrogen and oxygen atoms in total. The van der Waals surface area contributed by atoms with Crippen molar-refractivity contribution in [2.24, 2.45) is 7.05 Å². The molecule has 0 saturated carbocycles. The van der Waals surface area contributed by atoms with Gasteiger partial charge in [-0.2, -0.15) is 5.10 Å². The van der Waals surface area contributed by atoms with Gasteiger partial charge in [0.05, 0.1) is 11.3 Å². The molecule has 0 saturated heterocycles. The molecule has 6 heteroatoms. The predicted molar refractivity (Wildman–Crippen MR) is 119 cm³/mol. The van der Waals surface area contributed by atoms with Crippen molar-refractivity contribution in [1.82, 2.24) is 14.8 Å². The van der Waals surface area contributed by atoms with Gasteiger partial charge in [-0.3, -0.25) is 9.48 Å². The molecule has 1 amide bonds. The van der Waals surface area contributed by atoms with Gasteiger partial charge in [-0.15, -0.1) is 0 Å². The molecule has 3 heterocycles. The summed E-state index contributed by atoms with van der Waals surface area (Å²) in [7, 11) is 1.87. The summed E-state index contributed by atoms with van der Waals surface area (Å²) < 4.78 is 1.76. The molecule has 146 valence electrons. The van der Waals surface area contributed by atoms with Gasteiger partial charge >= 0.3 is 0 Å². The van der Waals surface area contributed by atoms with Crippen molar-refractivity contribution >= 4 is 23.1 Å². The largest absolute Gasteiger partial charge is 0.346 e. The summed E-state index contributed by atoms with van der Waals surface area (Å²) in [6.07, 6.45) is 3.49. The van der Waals surface area contributed by atoms with E-state index in [4.69, 9.17) is 0 Å². The Morgan fingerprint density at radius 3 is 2.37 bits per heavy atom. The van der Waals surface area contributed by atoms with Crippen molar-refractivity contribution in [3.05, 3.63) is 90.8 Å². The number of hydrogen-bond acceptors (Lipinski definition) is 4. The van der Waals surface area contributed by atoms with Crippen LogP contribution < -0.4 is 10.6 Å². The first-order valence-corrected chi connectivity index (χ1v) is 9.62. The van der Waals surface area contributed by atoms with Gasteiger partial charge in [-0.05, 0) is 11.6 Å². The molecule has 2 N–H and O–H groups in total. The normalized spacial score (nSPS) is 13.9. The molecule has 0 aliphatic carbocycles. The van der Waals surface area contributed by atoms with Crippen LogP contribution in [0, 0.1) is 0 Å². The fourth-order valence-electron chi connectivity index (χ4n) is 3.50. The number of nitrogens with zero attached hydrogens (tertiary/aromatic N) is 3. The van der Waals surface area contributed by atoms with Gasteiger partial charge in [0.2, 0.25) is 0 Å². The van der Waals surface area contributed by atoms with Gasteiger partial charge in [0.15, 0.2) is 0 Å². The number of pyridine rings is 1. The molecule has 1 aliphatic heterocycles. The van der Waals surface area contributed by atoms with E-state index in [9.17, 15) is 4.79 Å². The molecule has 0 bridgehead atoms. The number of amides is 1. The lowest BCUT2D eigenvalue weighted by Gasteiger charge is -2.05. The number of benzene rings is 2. The highest BCUT2D eigenvalue weighted by Gasteiger charge is 2.26. The van der Waals surface area contributed by atoms with E-state index in [0.29, 0.717) is 11.4 Å². The summed E-state index contributed by atoms with van der Waals surface area (Å²) in [4.78, 5) is 17.0. The van der Waals surface area contributed by atoms with E-state index in [1.165, 1.54) is 0 Å². The number of fused-ring (bicyclic) bond motifs is 1. The molecule has 2 aromatic carbocycles. The molecule has 5 rings (SSSR count). The second-order valence-corrected chi connectivity index (χ2v) is 7.05. The zero-order valence-electron chi connectivity index (χ0n) is 16.3. The van der Waals surface area contributed by atoms with E-state index in [-0.39, 0.29) is 5.91 Å². The Morgan fingerprint density at radius 1 is 0.933 bits per heavy atom. The summed E-state index contributed by atoms with van der Waals surface area (Å²) in [6, 6.07) is 23.9. The van der Waals surface area contributed by atoms with Crippen LogP contribution in [0.25, 0.3) is 28.0 Å².